The van der Waals surface area contributed by atoms with E-state index < -0.39 is 7.54 Å². The van der Waals surface area contributed by atoms with E-state index in [0.29, 0.717) is 5.92 Å². The van der Waals surface area contributed by atoms with Crippen LogP contribution in [-0.4, -0.2) is 19.7 Å². The number of halogens is 4. The third-order valence-electron chi connectivity index (χ3n) is 3.39. The van der Waals surface area contributed by atoms with Crippen LogP contribution in [0.2, 0.25) is 0 Å². The summed E-state index contributed by atoms with van der Waals surface area (Å²) in [5.41, 5.74) is 6.31. The molecule has 0 unspecified atom stereocenters. The molecule has 2 aromatic carbocycles. The molecule has 0 spiro atoms. The summed E-state index contributed by atoms with van der Waals surface area (Å²) in [5, 5.41) is 2.83. The van der Waals surface area contributed by atoms with Crippen LogP contribution in [0.25, 0.3) is 0 Å². The Labute approximate surface area is 142 Å². The standard InChI is InChI=1S/C17H22NP.BF3.FH/c1-14(2)17(18)13-19(15-9-5-3-6-10-15)16-11-7-4-8-12-16;2-1(3)4;/h3-12,14,17H,13,18H2,1-2H3;;1H/t17-;;/m0../s1. The van der Waals surface area contributed by atoms with Crippen LogP contribution in [0.3, 0.4) is 0 Å². The van der Waals surface area contributed by atoms with E-state index in [1.807, 2.05) is 0 Å². The molecule has 2 N–H and O–H groups in total. The molecule has 0 aliphatic heterocycles. The normalized spacial score (nSPS) is 11.3. The molecule has 7 heteroatoms. The molecule has 1 atom stereocenters. The van der Waals surface area contributed by atoms with Crippen molar-refractivity contribution in [2.24, 2.45) is 11.7 Å². The van der Waals surface area contributed by atoms with Gasteiger partial charge < -0.3 is 5.73 Å². The number of hydrogen-bond donors (Lipinski definition) is 1. The van der Waals surface area contributed by atoms with E-state index in [9.17, 15) is 12.9 Å². The summed E-state index contributed by atoms with van der Waals surface area (Å²) < 4.78 is 29.0. The number of nitrogens with two attached hydrogens (primary N) is 1. The SMILES string of the molecule is CC(C)[C@@H](N)CP(c1ccccc1)c1ccccc1.F.FB(F)F. The van der Waals surface area contributed by atoms with Crippen molar-refractivity contribution in [3.63, 3.8) is 0 Å². The third kappa shape index (κ3) is 8.46. The highest BCUT2D eigenvalue weighted by atomic mass is 31.1. The Morgan fingerprint density at radius 2 is 1.21 bits per heavy atom. The van der Waals surface area contributed by atoms with Crippen molar-refractivity contribution in [3.8, 4) is 0 Å². The molecular weight excluding hydrogens is 336 g/mol. The Bertz CT molecular complexity index is 501. The molecule has 0 saturated heterocycles. The van der Waals surface area contributed by atoms with Gasteiger partial charge in [0.1, 0.15) is 0 Å². The zero-order valence-electron chi connectivity index (χ0n) is 13.8. The van der Waals surface area contributed by atoms with E-state index in [1.54, 1.807) is 0 Å². The van der Waals surface area contributed by atoms with Crippen LogP contribution in [-0.2, 0) is 0 Å². The van der Waals surface area contributed by atoms with Crippen LogP contribution in [0.15, 0.2) is 60.7 Å². The Morgan fingerprint density at radius 3 is 1.50 bits per heavy atom. The molecule has 0 aromatic heterocycles. The minimum atomic E-state index is -3.67. The zero-order chi connectivity index (χ0) is 17.2. The number of hydrogen-bond acceptors (Lipinski definition) is 1. The first kappa shape index (κ1) is 22.6. The summed E-state index contributed by atoms with van der Waals surface area (Å²) >= 11 is 0. The molecule has 0 amide bonds. The lowest BCUT2D eigenvalue weighted by Gasteiger charge is -2.24. The van der Waals surface area contributed by atoms with Gasteiger partial charge in [-0.3, -0.25) is 17.7 Å². The van der Waals surface area contributed by atoms with Gasteiger partial charge in [-0.05, 0) is 30.6 Å². The molecule has 2 rings (SSSR count). The molecule has 0 aliphatic carbocycles. The third-order valence-corrected chi connectivity index (χ3v) is 6.02. The van der Waals surface area contributed by atoms with Crippen molar-refractivity contribution in [2.45, 2.75) is 19.9 Å². The Kier molecular flexibility index (Phi) is 11.4. The summed E-state index contributed by atoms with van der Waals surface area (Å²) in [6.07, 6.45) is 1.06. The van der Waals surface area contributed by atoms with Crippen LogP contribution in [0.4, 0.5) is 17.7 Å². The van der Waals surface area contributed by atoms with Gasteiger partial charge in [0.05, 0.1) is 0 Å². The van der Waals surface area contributed by atoms with Gasteiger partial charge in [-0.1, -0.05) is 74.5 Å². The summed E-state index contributed by atoms with van der Waals surface area (Å²) in [6.45, 7) is 4.41. The smallest absolute Gasteiger partial charge is 0.327 e. The Balaban J connectivity index is 0.000000954. The van der Waals surface area contributed by atoms with Crippen LogP contribution >= 0.6 is 7.92 Å². The lowest BCUT2D eigenvalue weighted by molar-refractivity contribution is 0.534. The Hall–Kier alpha value is -1.39. The fraction of sp³-hybridized carbons (Fsp3) is 0.294. The summed E-state index contributed by atoms with van der Waals surface area (Å²) in [6, 6.07) is 21.8. The molecule has 0 heterocycles. The van der Waals surface area contributed by atoms with Crippen molar-refractivity contribution in [3.05, 3.63) is 60.7 Å². The van der Waals surface area contributed by atoms with E-state index in [4.69, 9.17) is 5.73 Å². The predicted molar refractivity (Wildman–Crippen MR) is 98.3 cm³/mol. The summed E-state index contributed by atoms with van der Waals surface area (Å²) in [5.74, 6) is 0.525. The maximum absolute atomic E-state index is 9.67. The van der Waals surface area contributed by atoms with E-state index in [1.165, 1.54) is 10.6 Å². The summed E-state index contributed by atoms with van der Waals surface area (Å²) in [7, 11) is -4.01. The van der Waals surface area contributed by atoms with Crippen LogP contribution in [0.1, 0.15) is 13.8 Å². The highest BCUT2D eigenvalue weighted by molar-refractivity contribution is 7.73. The molecule has 24 heavy (non-hydrogen) atoms. The molecule has 0 fully saturated rings. The van der Waals surface area contributed by atoms with Crippen molar-refractivity contribution in [1.82, 2.24) is 0 Å². The molecule has 0 aliphatic rings. The molecular formula is C17H23BF4NP. The van der Waals surface area contributed by atoms with Crippen LogP contribution < -0.4 is 16.3 Å². The van der Waals surface area contributed by atoms with Crippen LogP contribution in [0.5, 0.6) is 0 Å². The van der Waals surface area contributed by atoms with Crippen molar-refractivity contribution in [2.75, 3.05) is 6.16 Å². The monoisotopic (exact) mass is 359 g/mol. The fourth-order valence-electron chi connectivity index (χ4n) is 2.00. The van der Waals surface area contributed by atoms with Gasteiger partial charge in [0, 0.05) is 6.04 Å². The maximum atomic E-state index is 9.67. The quantitative estimate of drug-likeness (QED) is 0.485. The molecule has 2 aromatic rings. The lowest BCUT2D eigenvalue weighted by Crippen LogP contribution is -2.32. The van der Waals surface area contributed by atoms with Crippen LogP contribution in [0, 0.1) is 5.92 Å². The van der Waals surface area contributed by atoms with Gasteiger partial charge in [-0.25, -0.2) is 0 Å². The molecule has 1 nitrogen and oxygen atoms in total. The fourth-order valence-corrected chi connectivity index (χ4v) is 4.62. The second-order valence-electron chi connectivity index (χ2n) is 5.44. The van der Waals surface area contributed by atoms with Gasteiger partial charge in [0.25, 0.3) is 0 Å². The largest absolute Gasteiger partial charge is 0.762 e. The van der Waals surface area contributed by atoms with Gasteiger partial charge in [-0.2, -0.15) is 0 Å². The average molecular weight is 359 g/mol. The van der Waals surface area contributed by atoms with E-state index in [0.717, 1.165) is 6.16 Å². The molecule has 0 bridgehead atoms. The average Bonchev–Trinajstić information content (AvgIpc) is 2.53. The molecule has 0 radical (unpaired) electrons. The maximum Gasteiger partial charge on any atom is 0.762 e. The minimum absolute atomic E-state index is 0. The first-order chi connectivity index (χ1) is 10.9. The molecule has 132 valence electrons. The Morgan fingerprint density at radius 1 is 0.875 bits per heavy atom. The lowest BCUT2D eigenvalue weighted by atomic mass is 10.1. The number of benzene rings is 2. The first-order valence-electron chi connectivity index (χ1n) is 7.47. The van der Waals surface area contributed by atoms with Gasteiger partial charge in [0.15, 0.2) is 0 Å². The predicted octanol–water partition coefficient (Wildman–Crippen LogP) is 4.13. The van der Waals surface area contributed by atoms with Gasteiger partial charge in [-0.15, -0.1) is 0 Å². The van der Waals surface area contributed by atoms with E-state index in [2.05, 4.69) is 74.5 Å². The highest BCUT2D eigenvalue weighted by Crippen LogP contribution is 2.34. The van der Waals surface area contributed by atoms with Gasteiger partial charge in [0.2, 0.25) is 0 Å². The van der Waals surface area contributed by atoms with Crippen molar-refractivity contribution < 1.29 is 17.7 Å². The minimum Gasteiger partial charge on any atom is -0.327 e. The highest BCUT2D eigenvalue weighted by Gasteiger charge is 2.18. The van der Waals surface area contributed by atoms with E-state index in [-0.39, 0.29) is 18.7 Å². The van der Waals surface area contributed by atoms with Crippen molar-refractivity contribution >= 4 is 26.1 Å². The second kappa shape index (κ2) is 12.0. The first-order valence-corrected chi connectivity index (χ1v) is 9.00. The van der Waals surface area contributed by atoms with E-state index >= 15 is 0 Å². The second-order valence-corrected chi connectivity index (χ2v) is 7.69. The molecule has 0 saturated carbocycles. The zero-order valence-corrected chi connectivity index (χ0v) is 14.7. The van der Waals surface area contributed by atoms with Gasteiger partial charge >= 0.3 is 7.54 Å². The summed E-state index contributed by atoms with van der Waals surface area (Å²) in [4.78, 5) is 0. The number of rotatable bonds is 5. The topological polar surface area (TPSA) is 26.0 Å². The van der Waals surface area contributed by atoms with Crippen molar-refractivity contribution in [1.29, 1.82) is 0 Å².